The van der Waals surface area contributed by atoms with Crippen molar-refractivity contribution in [1.29, 1.82) is 0 Å². The van der Waals surface area contributed by atoms with Crippen LogP contribution in [-0.4, -0.2) is 96.9 Å². The lowest BCUT2D eigenvalue weighted by Gasteiger charge is -2.33. The first-order valence-corrected chi connectivity index (χ1v) is 17.3. The van der Waals surface area contributed by atoms with Crippen molar-refractivity contribution in [2.24, 2.45) is 29.4 Å². The highest BCUT2D eigenvalue weighted by Gasteiger charge is 2.37. The molecule has 15 heteroatoms. The van der Waals surface area contributed by atoms with Gasteiger partial charge >= 0.3 is 35.8 Å². The van der Waals surface area contributed by atoms with Crippen LogP contribution in [0.3, 0.4) is 0 Å². The zero-order valence-corrected chi connectivity index (χ0v) is 29.3. The summed E-state index contributed by atoms with van der Waals surface area (Å²) in [5.74, 6) is -11.3. The quantitative estimate of drug-likeness (QED) is 0.0433. The number of carboxylic acids is 4. The minimum Gasteiger partial charge on any atom is -0.481 e. The molecule has 0 fully saturated rings. The first-order valence-electron chi connectivity index (χ1n) is 17.3. The second-order valence-corrected chi connectivity index (χ2v) is 13.4. The fraction of sp³-hybridized carbons (Fsp3) is 0.824. The molecule has 0 saturated heterocycles. The van der Waals surface area contributed by atoms with Crippen LogP contribution < -0.4 is 5.73 Å². The van der Waals surface area contributed by atoms with Gasteiger partial charge in [0.25, 0.3) is 0 Å². The molecule has 0 spiro atoms. The number of unbranched alkanes of at least 4 members (excludes halogenated alkanes) is 4. The maximum atomic E-state index is 13.0. The SMILES string of the molecule is CCCC[C@H](C)[C@H](OC(=O)C[C@@H](CC(=O)O)C(=O)O)[C@@H](C[C@@H](C)CCCCCC[C@H](O)C[C@H](O)[C@@H](C)N)OC(=O)C[C@@H](CC(=O)O)C(=O)O. The van der Waals surface area contributed by atoms with E-state index in [9.17, 15) is 49.2 Å². The van der Waals surface area contributed by atoms with E-state index in [1.165, 1.54) is 0 Å². The highest BCUT2D eigenvalue weighted by molar-refractivity contribution is 5.83. The molecule has 8 N–H and O–H groups in total. The molecule has 15 nitrogen and oxygen atoms in total. The molecule has 0 rings (SSSR count). The van der Waals surface area contributed by atoms with Crippen LogP contribution in [-0.2, 0) is 38.2 Å². The number of carbonyl (C=O) groups is 6. The van der Waals surface area contributed by atoms with Gasteiger partial charge in [0.15, 0.2) is 0 Å². The smallest absolute Gasteiger partial charge is 0.307 e. The van der Waals surface area contributed by atoms with Gasteiger partial charge in [-0.15, -0.1) is 0 Å². The number of aliphatic carboxylic acids is 4. The van der Waals surface area contributed by atoms with Crippen LogP contribution in [0.5, 0.6) is 0 Å². The van der Waals surface area contributed by atoms with Gasteiger partial charge in [-0.25, -0.2) is 0 Å². The van der Waals surface area contributed by atoms with E-state index in [0.717, 1.165) is 38.5 Å². The van der Waals surface area contributed by atoms with Gasteiger partial charge in [-0.1, -0.05) is 65.7 Å². The third-order valence-electron chi connectivity index (χ3n) is 8.60. The number of hydrogen-bond acceptors (Lipinski definition) is 11. The molecule has 0 heterocycles. The van der Waals surface area contributed by atoms with Crippen molar-refractivity contribution >= 4 is 35.8 Å². The van der Waals surface area contributed by atoms with Gasteiger partial charge in [0.1, 0.15) is 12.2 Å². The van der Waals surface area contributed by atoms with Crippen LogP contribution in [0, 0.1) is 23.7 Å². The normalized spacial score (nSPS) is 17.0. The zero-order chi connectivity index (χ0) is 37.7. The van der Waals surface area contributed by atoms with Gasteiger partial charge in [0, 0.05) is 12.5 Å². The van der Waals surface area contributed by atoms with E-state index >= 15 is 0 Å². The lowest BCUT2D eigenvalue weighted by atomic mass is 9.87. The van der Waals surface area contributed by atoms with E-state index < -0.39 is 110 Å². The third kappa shape index (κ3) is 21.4. The Labute approximate surface area is 288 Å². The largest absolute Gasteiger partial charge is 0.481 e. The molecule has 0 unspecified atom stereocenters. The maximum absolute atomic E-state index is 13.0. The number of carbonyl (C=O) groups excluding carboxylic acids is 2. The summed E-state index contributed by atoms with van der Waals surface area (Å²) >= 11 is 0. The summed E-state index contributed by atoms with van der Waals surface area (Å²) in [5.41, 5.74) is 5.64. The maximum Gasteiger partial charge on any atom is 0.307 e. The Hall–Kier alpha value is -3.30. The molecule has 0 aliphatic heterocycles. The summed E-state index contributed by atoms with van der Waals surface area (Å²) < 4.78 is 11.5. The molecule has 0 saturated carbocycles. The Balaban J connectivity index is 5.84. The number of rotatable bonds is 29. The molecular formula is C34H59NO14. The van der Waals surface area contributed by atoms with Crippen LogP contribution in [0.1, 0.15) is 124 Å². The summed E-state index contributed by atoms with van der Waals surface area (Å²) in [6.45, 7) is 7.31. The minimum atomic E-state index is -1.55. The Kier molecular flexibility index (Phi) is 23.1. The van der Waals surface area contributed by atoms with Gasteiger partial charge in [0.05, 0.1) is 49.7 Å². The predicted octanol–water partition coefficient (Wildman–Crippen LogP) is 3.59. The molecule has 284 valence electrons. The molecule has 0 amide bonds. The summed E-state index contributed by atoms with van der Waals surface area (Å²) in [6.07, 6.45) is 0.203. The number of carboxylic acid groups (broad SMARTS) is 4. The highest BCUT2D eigenvalue weighted by Crippen LogP contribution is 2.29. The van der Waals surface area contributed by atoms with E-state index in [1.54, 1.807) is 13.8 Å². The van der Waals surface area contributed by atoms with E-state index in [2.05, 4.69) is 0 Å². The molecule has 0 aliphatic carbocycles. The van der Waals surface area contributed by atoms with Gasteiger partial charge in [0.2, 0.25) is 0 Å². The van der Waals surface area contributed by atoms with Crippen molar-refractivity contribution in [3.63, 3.8) is 0 Å². The van der Waals surface area contributed by atoms with Crippen LogP contribution in [0.15, 0.2) is 0 Å². The van der Waals surface area contributed by atoms with E-state index in [0.29, 0.717) is 19.3 Å². The number of ether oxygens (including phenoxy) is 2. The van der Waals surface area contributed by atoms with Gasteiger partial charge in [-0.2, -0.15) is 0 Å². The van der Waals surface area contributed by atoms with Crippen LogP contribution in [0.4, 0.5) is 0 Å². The highest BCUT2D eigenvalue weighted by atomic mass is 16.6. The average Bonchev–Trinajstić information content (AvgIpc) is 2.98. The van der Waals surface area contributed by atoms with Crippen molar-refractivity contribution < 1.29 is 68.9 Å². The first kappa shape index (κ1) is 45.7. The Morgan fingerprint density at radius 3 is 1.57 bits per heavy atom. The fourth-order valence-electron chi connectivity index (χ4n) is 5.58. The summed E-state index contributed by atoms with van der Waals surface area (Å²) in [5, 5.41) is 57.0. The molecule has 0 aromatic carbocycles. The number of nitrogens with two attached hydrogens (primary N) is 1. The fourth-order valence-corrected chi connectivity index (χ4v) is 5.58. The molecular weight excluding hydrogens is 646 g/mol. The number of esters is 2. The molecule has 9 atom stereocenters. The summed E-state index contributed by atoms with van der Waals surface area (Å²) in [4.78, 5) is 71.6. The second-order valence-electron chi connectivity index (χ2n) is 13.4. The lowest BCUT2D eigenvalue weighted by molar-refractivity contribution is -0.177. The monoisotopic (exact) mass is 705 g/mol. The topological polar surface area (TPSA) is 268 Å². The van der Waals surface area contributed by atoms with Gasteiger partial charge in [-0.3, -0.25) is 28.8 Å². The molecule has 49 heavy (non-hydrogen) atoms. The average molecular weight is 706 g/mol. The molecule has 0 aliphatic rings. The Morgan fingerprint density at radius 1 is 0.633 bits per heavy atom. The van der Waals surface area contributed by atoms with Crippen LogP contribution in [0.2, 0.25) is 0 Å². The van der Waals surface area contributed by atoms with Gasteiger partial charge in [-0.05, 0) is 38.0 Å². The van der Waals surface area contributed by atoms with Crippen LogP contribution in [0.25, 0.3) is 0 Å². The Bertz CT molecular complexity index is 1030. The van der Waals surface area contributed by atoms with Crippen molar-refractivity contribution in [2.75, 3.05) is 0 Å². The molecule has 0 aromatic rings. The summed E-state index contributed by atoms with van der Waals surface area (Å²) in [7, 11) is 0. The summed E-state index contributed by atoms with van der Waals surface area (Å²) in [6, 6.07) is -0.432. The predicted molar refractivity (Wildman–Crippen MR) is 176 cm³/mol. The standard InChI is InChI=1S/C34H59NO14/c1-5-6-12-21(3)32(49-31(43)18-24(34(46)47)16-29(40)41)27(48-30(42)17-23(33(44)45)15-28(38)39)14-20(2)11-9-7-8-10-13-25(36)19-26(37)22(4)35/h20-27,32,36-37H,5-19,35H2,1-4H3,(H,38,39)(H,40,41)(H,44,45)(H,46,47)/t20-,21-,22+,23+,24+,25-,26-,27+,32-/m0/s1. The third-order valence-corrected chi connectivity index (χ3v) is 8.60. The van der Waals surface area contributed by atoms with Crippen molar-refractivity contribution in [2.45, 2.75) is 154 Å². The molecule has 0 bridgehead atoms. The molecule has 0 radical (unpaired) electrons. The van der Waals surface area contributed by atoms with Gasteiger partial charge < -0.3 is 45.8 Å². The van der Waals surface area contributed by atoms with E-state index in [1.807, 2.05) is 13.8 Å². The first-order chi connectivity index (χ1) is 22.9. The number of aliphatic hydroxyl groups excluding tert-OH is 2. The lowest BCUT2D eigenvalue weighted by Crippen LogP contribution is -2.42. The zero-order valence-electron chi connectivity index (χ0n) is 29.3. The number of hydrogen-bond donors (Lipinski definition) is 7. The van der Waals surface area contributed by atoms with Crippen molar-refractivity contribution in [1.82, 2.24) is 0 Å². The second kappa shape index (κ2) is 24.8. The molecule has 0 aromatic heterocycles. The minimum absolute atomic E-state index is 0.0859. The van der Waals surface area contributed by atoms with E-state index in [4.69, 9.17) is 25.4 Å². The van der Waals surface area contributed by atoms with Crippen molar-refractivity contribution in [3.05, 3.63) is 0 Å². The van der Waals surface area contributed by atoms with E-state index in [-0.39, 0.29) is 18.8 Å². The Morgan fingerprint density at radius 2 is 1.12 bits per heavy atom. The number of aliphatic hydroxyl groups is 2. The van der Waals surface area contributed by atoms with Crippen molar-refractivity contribution in [3.8, 4) is 0 Å². The van der Waals surface area contributed by atoms with Crippen LogP contribution >= 0.6 is 0 Å².